The van der Waals surface area contributed by atoms with Gasteiger partial charge in [0.15, 0.2) is 11.5 Å². The lowest BCUT2D eigenvalue weighted by Crippen LogP contribution is -2.45. The lowest BCUT2D eigenvalue weighted by Gasteiger charge is -2.32. The quantitative estimate of drug-likeness (QED) is 0.742. The Balaban J connectivity index is 1.40. The molecule has 0 bridgehead atoms. The zero-order chi connectivity index (χ0) is 20.5. The Morgan fingerprint density at radius 3 is 2.87 bits per heavy atom. The lowest BCUT2D eigenvalue weighted by atomic mass is 10.1. The molecule has 0 radical (unpaired) electrons. The zero-order valence-corrected chi connectivity index (χ0v) is 18.0. The average Bonchev–Trinajstić information content (AvgIpc) is 3.53. The molecule has 1 aromatic carbocycles. The monoisotopic (exact) mass is 429 g/mol. The Kier molecular flexibility index (Phi) is 5.58. The summed E-state index contributed by atoms with van der Waals surface area (Å²) in [7, 11) is 1.63. The van der Waals surface area contributed by atoms with E-state index >= 15 is 0 Å². The fraction of sp³-hybridized carbons (Fsp3) is 0.524. The second kappa shape index (κ2) is 8.49. The van der Waals surface area contributed by atoms with Gasteiger partial charge in [0.25, 0.3) is 0 Å². The maximum atomic E-state index is 10.4. The molecule has 30 heavy (non-hydrogen) atoms. The van der Waals surface area contributed by atoms with Crippen LogP contribution in [-0.2, 0) is 0 Å². The first-order valence-electron chi connectivity index (χ1n) is 10.4. The number of methoxy groups -OCH3 is 1. The molecule has 8 nitrogen and oxygen atoms in total. The Bertz CT molecular complexity index is 897. The largest absolute Gasteiger partial charge is 0.491 e. The Morgan fingerprint density at radius 2 is 2.10 bits per heavy atom. The smallest absolute Gasteiger partial charge is 0.212 e. The molecule has 0 amide bonds. The minimum absolute atomic E-state index is 0.223. The number of ether oxygens (including phenoxy) is 2. The van der Waals surface area contributed by atoms with E-state index in [1.807, 2.05) is 18.3 Å². The third-order valence-corrected chi connectivity index (χ3v) is 6.48. The van der Waals surface area contributed by atoms with E-state index in [1.165, 1.54) is 12.8 Å². The number of thioether (sulfide) groups is 1. The molecule has 1 fully saturated rings. The van der Waals surface area contributed by atoms with Gasteiger partial charge in [0.2, 0.25) is 5.96 Å². The maximum Gasteiger partial charge on any atom is 0.212 e. The second-order valence-corrected chi connectivity index (χ2v) is 8.65. The van der Waals surface area contributed by atoms with E-state index in [0.717, 1.165) is 55.1 Å². The van der Waals surface area contributed by atoms with Crippen LogP contribution in [0.4, 0.5) is 5.69 Å². The molecule has 160 valence electrons. The first kappa shape index (κ1) is 19.7. The molecule has 1 aromatic rings. The predicted octanol–water partition coefficient (Wildman–Crippen LogP) is 2.07. The van der Waals surface area contributed by atoms with Crippen molar-refractivity contribution in [3.63, 3.8) is 0 Å². The average molecular weight is 430 g/mol. The fourth-order valence-corrected chi connectivity index (χ4v) is 5.00. The highest BCUT2D eigenvalue weighted by Crippen LogP contribution is 2.44. The van der Waals surface area contributed by atoms with Gasteiger partial charge in [0, 0.05) is 24.9 Å². The van der Waals surface area contributed by atoms with Gasteiger partial charge >= 0.3 is 0 Å². The van der Waals surface area contributed by atoms with Gasteiger partial charge in [-0.2, -0.15) is 0 Å². The number of hydrogen-bond donors (Lipinski definition) is 1. The van der Waals surface area contributed by atoms with Crippen LogP contribution in [0.25, 0.3) is 0 Å². The van der Waals surface area contributed by atoms with Gasteiger partial charge in [-0.3, -0.25) is 9.89 Å². The summed E-state index contributed by atoms with van der Waals surface area (Å²) in [5.74, 6) is 3.81. The molecule has 4 heterocycles. The zero-order valence-electron chi connectivity index (χ0n) is 17.2. The summed E-state index contributed by atoms with van der Waals surface area (Å²) >= 11 is 1.74. The summed E-state index contributed by atoms with van der Waals surface area (Å²) in [6.07, 6.45) is 3.92. The van der Waals surface area contributed by atoms with Crippen molar-refractivity contribution < 1.29 is 14.6 Å². The summed E-state index contributed by atoms with van der Waals surface area (Å²) in [5, 5.41) is 12.5. The summed E-state index contributed by atoms with van der Waals surface area (Å²) < 4.78 is 11.7. The normalized spacial score (nSPS) is 21.4. The fourth-order valence-electron chi connectivity index (χ4n) is 4.32. The van der Waals surface area contributed by atoms with Gasteiger partial charge < -0.3 is 24.4 Å². The van der Waals surface area contributed by atoms with E-state index in [1.54, 1.807) is 18.9 Å². The number of amidine groups is 1. The van der Waals surface area contributed by atoms with Crippen molar-refractivity contribution in [1.29, 1.82) is 0 Å². The molecule has 5 rings (SSSR count). The van der Waals surface area contributed by atoms with Crippen LogP contribution in [0.5, 0.6) is 11.5 Å². The van der Waals surface area contributed by atoms with E-state index in [4.69, 9.17) is 19.5 Å². The first-order valence-corrected chi connectivity index (χ1v) is 11.5. The van der Waals surface area contributed by atoms with Crippen LogP contribution in [0, 0.1) is 0 Å². The van der Waals surface area contributed by atoms with Crippen molar-refractivity contribution in [1.82, 2.24) is 14.7 Å². The third kappa shape index (κ3) is 3.66. The molecular formula is C21H27N5O3S. The lowest BCUT2D eigenvalue weighted by molar-refractivity contribution is 0.0747. The van der Waals surface area contributed by atoms with E-state index in [0.29, 0.717) is 18.0 Å². The molecule has 4 aliphatic heterocycles. The molecular weight excluding hydrogens is 402 g/mol. The van der Waals surface area contributed by atoms with Crippen molar-refractivity contribution in [3.8, 4) is 11.5 Å². The number of hydrogen-bond acceptors (Lipinski definition) is 9. The summed E-state index contributed by atoms with van der Waals surface area (Å²) in [6.45, 7) is 4.55. The van der Waals surface area contributed by atoms with Crippen LogP contribution in [0.3, 0.4) is 0 Å². The number of rotatable bonds is 6. The molecule has 0 unspecified atom stereocenters. The van der Waals surface area contributed by atoms with Gasteiger partial charge in [-0.15, -0.1) is 11.8 Å². The van der Waals surface area contributed by atoms with Crippen LogP contribution in [0.1, 0.15) is 18.4 Å². The summed E-state index contributed by atoms with van der Waals surface area (Å²) in [6, 6.07) is 3.89. The Labute approximate surface area is 180 Å². The van der Waals surface area contributed by atoms with E-state index in [9.17, 15) is 5.11 Å². The highest BCUT2D eigenvalue weighted by molar-refractivity contribution is 8.02. The van der Waals surface area contributed by atoms with Crippen molar-refractivity contribution in [3.05, 3.63) is 29.3 Å². The standard InChI is InChI=1S/C21H27N5O3S/c1-28-19-17(29-13-15(27)12-24-7-2-3-8-24)5-4-16-18(19)23-21(25-10-11-30-14-25)26-9-6-22-20(16)26/h4-5,10-11,15,27H,2-3,6-9,12-14H2,1H3/t15-/m1/s1. The van der Waals surface area contributed by atoms with Crippen LogP contribution in [-0.4, -0.2) is 90.0 Å². The second-order valence-electron chi connectivity index (χ2n) is 7.79. The number of aliphatic imine (C=N–C) groups is 2. The number of aliphatic hydroxyl groups is 1. The van der Waals surface area contributed by atoms with Crippen molar-refractivity contribution >= 4 is 29.2 Å². The topological polar surface area (TPSA) is 73.1 Å². The van der Waals surface area contributed by atoms with Crippen molar-refractivity contribution in [2.45, 2.75) is 18.9 Å². The van der Waals surface area contributed by atoms with Gasteiger partial charge in [-0.1, -0.05) is 0 Å². The van der Waals surface area contributed by atoms with Gasteiger partial charge in [-0.25, -0.2) is 4.99 Å². The van der Waals surface area contributed by atoms with Crippen LogP contribution >= 0.6 is 11.8 Å². The third-order valence-electron chi connectivity index (χ3n) is 5.74. The Morgan fingerprint density at radius 1 is 1.23 bits per heavy atom. The van der Waals surface area contributed by atoms with Crippen LogP contribution < -0.4 is 9.47 Å². The minimum Gasteiger partial charge on any atom is -0.491 e. The molecule has 0 aromatic heterocycles. The minimum atomic E-state index is -0.538. The number of aliphatic hydroxyl groups excluding tert-OH is 1. The van der Waals surface area contributed by atoms with Crippen LogP contribution in [0.15, 0.2) is 33.7 Å². The number of fused-ring (bicyclic) bond motifs is 3. The molecule has 1 atom stereocenters. The van der Waals surface area contributed by atoms with Crippen LogP contribution in [0.2, 0.25) is 0 Å². The molecule has 0 aliphatic carbocycles. The molecule has 0 spiro atoms. The summed E-state index contributed by atoms with van der Waals surface area (Å²) in [4.78, 5) is 16.3. The van der Waals surface area contributed by atoms with Gasteiger partial charge in [-0.05, 0) is 43.5 Å². The molecule has 1 saturated heterocycles. The van der Waals surface area contributed by atoms with E-state index in [-0.39, 0.29) is 6.61 Å². The predicted molar refractivity (Wildman–Crippen MR) is 119 cm³/mol. The molecule has 0 saturated carbocycles. The highest BCUT2D eigenvalue weighted by atomic mass is 32.2. The summed E-state index contributed by atoms with van der Waals surface area (Å²) in [5.41, 5.74) is 1.69. The number of β-amino-alcohol motifs (C(OH)–C–C–N with tert-alkyl or cyclic N) is 1. The number of nitrogens with zero attached hydrogens (tertiary/aromatic N) is 5. The molecule has 9 heteroatoms. The number of benzene rings is 1. The SMILES string of the molecule is COc1c(OC[C@H](O)CN2CCCC2)ccc2c1N=C(N1C=CSC1)N1CCN=C21. The number of likely N-dealkylation sites (tertiary alicyclic amines) is 1. The van der Waals surface area contributed by atoms with E-state index in [2.05, 4.69) is 20.1 Å². The first-order chi connectivity index (χ1) is 14.7. The van der Waals surface area contributed by atoms with Crippen molar-refractivity contribution in [2.75, 3.05) is 52.3 Å². The molecule has 1 N–H and O–H groups in total. The molecule has 4 aliphatic rings. The number of guanidine groups is 1. The van der Waals surface area contributed by atoms with E-state index < -0.39 is 6.10 Å². The van der Waals surface area contributed by atoms with Crippen molar-refractivity contribution in [2.24, 2.45) is 9.98 Å². The van der Waals surface area contributed by atoms with Gasteiger partial charge in [0.05, 0.1) is 19.5 Å². The Hall–Kier alpha value is -2.23. The maximum absolute atomic E-state index is 10.4. The van der Waals surface area contributed by atoms with Gasteiger partial charge in [0.1, 0.15) is 24.2 Å². The highest BCUT2D eigenvalue weighted by Gasteiger charge is 2.35.